The molecule has 2 fully saturated rings. The van der Waals surface area contributed by atoms with E-state index in [-0.39, 0.29) is 0 Å². The Morgan fingerprint density at radius 2 is 2.11 bits per heavy atom. The van der Waals surface area contributed by atoms with Gasteiger partial charge in [0.05, 0.1) is 0 Å². The van der Waals surface area contributed by atoms with Crippen LogP contribution in [-0.4, -0.2) is 0 Å². The fourth-order valence-electron chi connectivity index (χ4n) is 2.99. The first-order valence-electron chi connectivity index (χ1n) is 4.20. The van der Waals surface area contributed by atoms with Crippen LogP contribution in [0.5, 0.6) is 0 Å². The zero-order valence-corrected chi connectivity index (χ0v) is 6.48. The maximum absolute atomic E-state index is 2.47. The van der Waals surface area contributed by atoms with Crippen LogP contribution in [-0.2, 0) is 0 Å². The summed E-state index contributed by atoms with van der Waals surface area (Å²) in [6, 6.07) is 0. The van der Waals surface area contributed by atoms with Gasteiger partial charge in [0.1, 0.15) is 0 Å². The average Bonchev–Trinajstić information content (AvgIpc) is 2.20. The molecule has 0 N–H and O–H groups in total. The Morgan fingerprint density at radius 3 is 2.33 bits per heavy atom. The monoisotopic (exact) mass is 124 g/mol. The molecule has 0 heteroatoms. The van der Waals surface area contributed by atoms with Crippen LogP contribution in [0.15, 0.2) is 0 Å². The van der Waals surface area contributed by atoms with E-state index in [9.17, 15) is 0 Å². The fourth-order valence-corrected chi connectivity index (χ4v) is 2.99. The van der Waals surface area contributed by atoms with Crippen molar-refractivity contribution >= 4 is 0 Å². The molecule has 2 aliphatic carbocycles. The molecule has 0 aromatic heterocycles. The van der Waals surface area contributed by atoms with E-state index in [4.69, 9.17) is 0 Å². The van der Waals surface area contributed by atoms with Crippen molar-refractivity contribution < 1.29 is 0 Å². The Labute approximate surface area is 57.6 Å². The Hall–Kier alpha value is 0. The standard InChI is InChI=1S/C9H16/c1-7-5-9(2)4-3-8(7)6-9/h7-8H,3-6H2,1-2H3/t7-,8+,9+/m1/s1. The highest BCUT2D eigenvalue weighted by Gasteiger charge is 2.45. The Bertz CT molecular complexity index is 124. The molecule has 0 radical (unpaired) electrons. The van der Waals surface area contributed by atoms with E-state index in [0.717, 1.165) is 17.3 Å². The highest BCUT2D eigenvalue weighted by atomic mass is 14.5. The van der Waals surface area contributed by atoms with E-state index in [0.29, 0.717) is 0 Å². The Morgan fingerprint density at radius 1 is 1.33 bits per heavy atom. The third kappa shape index (κ3) is 0.720. The zero-order chi connectivity index (χ0) is 6.48. The molecule has 2 saturated carbocycles. The van der Waals surface area contributed by atoms with Gasteiger partial charge in [0.15, 0.2) is 0 Å². The van der Waals surface area contributed by atoms with Crippen LogP contribution in [0.25, 0.3) is 0 Å². The molecule has 3 atom stereocenters. The summed E-state index contributed by atoms with van der Waals surface area (Å²) >= 11 is 0. The summed E-state index contributed by atoms with van der Waals surface area (Å²) < 4.78 is 0. The number of hydrogen-bond acceptors (Lipinski definition) is 0. The molecule has 2 aliphatic rings. The van der Waals surface area contributed by atoms with Gasteiger partial charge >= 0.3 is 0 Å². The number of rotatable bonds is 0. The summed E-state index contributed by atoms with van der Waals surface area (Å²) in [5.74, 6) is 2.15. The first kappa shape index (κ1) is 5.76. The lowest BCUT2D eigenvalue weighted by molar-refractivity contribution is 0.281. The first-order valence-corrected chi connectivity index (χ1v) is 4.20. The topological polar surface area (TPSA) is 0 Å². The van der Waals surface area contributed by atoms with Crippen molar-refractivity contribution in [2.45, 2.75) is 39.5 Å². The maximum atomic E-state index is 2.47. The van der Waals surface area contributed by atoms with Gasteiger partial charge in [0.2, 0.25) is 0 Å². The van der Waals surface area contributed by atoms with Gasteiger partial charge in [-0.1, -0.05) is 13.8 Å². The lowest BCUT2D eigenvalue weighted by atomic mass is 9.82. The smallest absolute Gasteiger partial charge is 0.0320 e. The largest absolute Gasteiger partial charge is 0.0622 e. The molecule has 0 unspecified atom stereocenters. The number of fused-ring (bicyclic) bond motifs is 2. The fraction of sp³-hybridized carbons (Fsp3) is 1.00. The van der Waals surface area contributed by atoms with Crippen molar-refractivity contribution in [2.75, 3.05) is 0 Å². The van der Waals surface area contributed by atoms with E-state index in [1.165, 1.54) is 25.7 Å². The molecule has 0 aromatic carbocycles. The van der Waals surface area contributed by atoms with Crippen molar-refractivity contribution in [2.24, 2.45) is 17.3 Å². The minimum Gasteiger partial charge on any atom is -0.0622 e. The summed E-state index contributed by atoms with van der Waals surface area (Å²) in [6.45, 7) is 4.89. The molecular weight excluding hydrogens is 108 g/mol. The molecule has 52 valence electrons. The minimum atomic E-state index is 0.782. The molecule has 2 rings (SSSR count). The van der Waals surface area contributed by atoms with E-state index >= 15 is 0 Å². The normalized spacial score (nSPS) is 56.7. The van der Waals surface area contributed by atoms with Crippen LogP contribution in [0.1, 0.15) is 39.5 Å². The Balaban J connectivity index is 2.19. The third-order valence-corrected chi connectivity index (χ3v) is 3.49. The molecular formula is C9H16. The van der Waals surface area contributed by atoms with E-state index in [2.05, 4.69) is 13.8 Å². The Kier molecular flexibility index (Phi) is 0.980. The summed E-state index contributed by atoms with van der Waals surface area (Å²) in [7, 11) is 0. The highest BCUT2D eigenvalue weighted by molar-refractivity contribution is 4.95. The van der Waals surface area contributed by atoms with Crippen molar-refractivity contribution in [1.29, 1.82) is 0 Å². The van der Waals surface area contributed by atoms with Crippen molar-refractivity contribution in [3.8, 4) is 0 Å². The quantitative estimate of drug-likeness (QED) is 0.466. The third-order valence-electron chi connectivity index (χ3n) is 3.49. The van der Waals surface area contributed by atoms with Gasteiger partial charge in [0.25, 0.3) is 0 Å². The molecule has 0 aromatic rings. The van der Waals surface area contributed by atoms with Gasteiger partial charge in [0, 0.05) is 0 Å². The molecule has 0 saturated heterocycles. The van der Waals surface area contributed by atoms with E-state index in [1.807, 2.05) is 0 Å². The van der Waals surface area contributed by atoms with E-state index in [1.54, 1.807) is 0 Å². The van der Waals surface area contributed by atoms with Gasteiger partial charge in [-0.15, -0.1) is 0 Å². The summed E-state index contributed by atoms with van der Waals surface area (Å²) in [5, 5.41) is 0. The molecule has 2 bridgehead atoms. The van der Waals surface area contributed by atoms with E-state index < -0.39 is 0 Å². The molecule has 0 spiro atoms. The van der Waals surface area contributed by atoms with Crippen LogP contribution >= 0.6 is 0 Å². The molecule has 0 heterocycles. The maximum Gasteiger partial charge on any atom is -0.0320 e. The van der Waals surface area contributed by atoms with Crippen molar-refractivity contribution in [3.05, 3.63) is 0 Å². The molecule has 0 amide bonds. The predicted molar refractivity (Wildman–Crippen MR) is 39.2 cm³/mol. The van der Waals surface area contributed by atoms with Gasteiger partial charge in [-0.25, -0.2) is 0 Å². The molecule has 0 aliphatic heterocycles. The lowest BCUT2D eigenvalue weighted by Gasteiger charge is -2.23. The SMILES string of the molecule is C[C@@H]1C[C@]2(C)CC[C@H]1C2. The summed E-state index contributed by atoms with van der Waals surface area (Å²) in [5.41, 5.74) is 0.782. The first-order chi connectivity index (χ1) is 4.20. The average molecular weight is 124 g/mol. The van der Waals surface area contributed by atoms with Crippen LogP contribution in [0.4, 0.5) is 0 Å². The van der Waals surface area contributed by atoms with Gasteiger partial charge in [-0.3, -0.25) is 0 Å². The second kappa shape index (κ2) is 1.53. The summed E-state index contributed by atoms with van der Waals surface area (Å²) in [6.07, 6.45) is 6.09. The number of hydrogen-bond donors (Lipinski definition) is 0. The van der Waals surface area contributed by atoms with Crippen LogP contribution in [0.2, 0.25) is 0 Å². The van der Waals surface area contributed by atoms with Crippen LogP contribution in [0, 0.1) is 17.3 Å². The minimum absolute atomic E-state index is 0.782. The lowest BCUT2D eigenvalue weighted by Crippen LogP contribution is -2.12. The van der Waals surface area contributed by atoms with Crippen molar-refractivity contribution in [3.63, 3.8) is 0 Å². The van der Waals surface area contributed by atoms with Crippen LogP contribution in [0.3, 0.4) is 0 Å². The second-order valence-electron chi connectivity index (χ2n) is 4.49. The van der Waals surface area contributed by atoms with Gasteiger partial charge < -0.3 is 0 Å². The molecule has 0 nitrogen and oxygen atoms in total. The second-order valence-corrected chi connectivity index (χ2v) is 4.49. The van der Waals surface area contributed by atoms with Crippen molar-refractivity contribution in [1.82, 2.24) is 0 Å². The van der Waals surface area contributed by atoms with Gasteiger partial charge in [-0.05, 0) is 42.9 Å². The summed E-state index contributed by atoms with van der Waals surface area (Å²) in [4.78, 5) is 0. The van der Waals surface area contributed by atoms with Crippen LogP contribution < -0.4 is 0 Å². The predicted octanol–water partition coefficient (Wildman–Crippen LogP) is 2.83. The van der Waals surface area contributed by atoms with Gasteiger partial charge in [-0.2, -0.15) is 0 Å². The zero-order valence-electron chi connectivity index (χ0n) is 6.48. The molecule has 9 heavy (non-hydrogen) atoms. The highest BCUT2D eigenvalue weighted by Crippen LogP contribution is 2.56.